The number of carbonyl (C=O) groups excluding carboxylic acids is 1. The predicted octanol–water partition coefficient (Wildman–Crippen LogP) is -0.0885. The molecule has 1 amide bonds. The first kappa shape index (κ1) is 10.5. The van der Waals surface area contributed by atoms with Gasteiger partial charge in [-0.15, -0.1) is 0 Å². The molecule has 3 nitrogen and oxygen atoms in total. The Bertz CT molecular complexity index is 56.9. The monoisotopic (exact) mass is 176 g/mol. The van der Waals surface area contributed by atoms with Gasteiger partial charge in [0.2, 0.25) is 0 Å². The number of hydrogen-bond acceptors (Lipinski definition) is 2. The van der Waals surface area contributed by atoms with Crippen molar-refractivity contribution in [3.63, 3.8) is 0 Å². The van der Waals surface area contributed by atoms with Crippen LogP contribution in [0.15, 0.2) is 0 Å². The summed E-state index contributed by atoms with van der Waals surface area (Å²) in [6, 6.07) is 0. The second-order valence-electron chi connectivity index (χ2n) is 0.962. The summed E-state index contributed by atoms with van der Waals surface area (Å²) in [4.78, 5) is 9.63. The molecule has 0 aromatic carbocycles. The minimum atomic E-state index is -0.586. The van der Waals surface area contributed by atoms with Crippen molar-refractivity contribution in [2.24, 2.45) is 5.73 Å². The molecule has 39 valence electrons. The Balaban J connectivity index is 0. The van der Waals surface area contributed by atoms with Gasteiger partial charge in [0.25, 0.3) is 0 Å². The van der Waals surface area contributed by atoms with Crippen molar-refractivity contribution in [3.8, 4) is 0 Å². The van der Waals surface area contributed by atoms with Gasteiger partial charge in [0.1, 0.15) is 0 Å². The van der Waals surface area contributed by atoms with Crippen molar-refractivity contribution < 1.29 is 37.5 Å². The van der Waals surface area contributed by atoms with Gasteiger partial charge in [-0.25, -0.2) is 0 Å². The quantitative estimate of drug-likeness (QED) is 0.638. The van der Waals surface area contributed by atoms with E-state index in [-0.39, 0.29) is 39.1 Å². The molecular weight excluding hydrogens is 169 g/mol. The molecule has 7 heavy (non-hydrogen) atoms. The first-order chi connectivity index (χ1) is 2.77. The Morgan fingerprint density at radius 1 is 1.71 bits per heavy atom. The summed E-state index contributed by atoms with van der Waals surface area (Å²) in [5.74, 6) is -0.586. The fourth-order valence-electron chi connectivity index (χ4n) is 0.131. The summed E-state index contributed by atoms with van der Waals surface area (Å²) in [5, 5.41) is 0. The van der Waals surface area contributed by atoms with E-state index in [0.29, 0.717) is 6.54 Å². The molecule has 0 saturated carbocycles. The minimum absolute atomic E-state index is 0. The number of nitrogens with two attached hydrogens (primary N) is 1. The molecule has 3 N–H and O–H groups in total. The molecule has 0 atom stereocenters. The molecule has 0 aliphatic rings. The van der Waals surface area contributed by atoms with Crippen LogP contribution in [0.1, 0.15) is 6.42 Å². The van der Waals surface area contributed by atoms with Gasteiger partial charge in [0.05, 0.1) is 0 Å². The molecule has 0 fully saturated rings. The van der Waals surface area contributed by atoms with Crippen LogP contribution in [0, 0.1) is 0 Å². The Hall–Kier alpha value is 0.534. The Morgan fingerprint density at radius 3 is 2.14 bits per heavy atom. The normalized spacial score (nSPS) is 7.00. The smallest absolute Gasteiger partial charge is 0.0500 e. The van der Waals surface area contributed by atoms with Gasteiger partial charge in [-0.05, 0) is 6.54 Å². The maximum Gasteiger partial charge on any atom is 0.0500 e. The molecule has 0 rings (SSSR count). The van der Waals surface area contributed by atoms with E-state index in [1.165, 1.54) is 0 Å². The third-order valence-electron chi connectivity index (χ3n) is 0.371. The van der Waals surface area contributed by atoms with Crippen molar-refractivity contribution in [1.29, 1.82) is 0 Å². The second kappa shape index (κ2) is 6.53. The largest absolute Gasteiger partial charge is 0.668 e. The molecule has 4 heteroatoms. The topological polar surface area (TPSA) is 66.9 Å². The van der Waals surface area contributed by atoms with Crippen LogP contribution in [-0.4, -0.2) is 12.5 Å². The molecular formula is C3H7N2OY-. The first-order valence-corrected chi connectivity index (χ1v) is 1.72. The summed E-state index contributed by atoms with van der Waals surface area (Å²) in [7, 11) is 0. The van der Waals surface area contributed by atoms with Crippen LogP contribution in [0.3, 0.4) is 0 Å². The summed E-state index contributed by atoms with van der Waals surface area (Å²) < 4.78 is 0. The fourth-order valence-corrected chi connectivity index (χ4v) is 0.131. The zero-order valence-corrected chi connectivity index (χ0v) is 6.82. The van der Waals surface area contributed by atoms with E-state index in [9.17, 15) is 4.79 Å². The average molecular weight is 176 g/mol. The van der Waals surface area contributed by atoms with Crippen LogP contribution >= 0.6 is 0 Å². The van der Waals surface area contributed by atoms with Gasteiger partial charge >= 0.3 is 0 Å². The van der Waals surface area contributed by atoms with Gasteiger partial charge in [-0.2, -0.15) is 0 Å². The summed E-state index contributed by atoms with van der Waals surface area (Å²) in [6.07, 6.45) is 0.181. The van der Waals surface area contributed by atoms with Crippen molar-refractivity contribution in [1.82, 2.24) is 0 Å². The van der Waals surface area contributed by atoms with Gasteiger partial charge in [0, 0.05) is 45.0 Å². The minimum Gasteiger partial charge on any atom is -0.668 e. The van der Waals surface area contributed by atoms with Crippen LogP contribution in [0.4, 0.5) is 0 Å². The van der Waals surface area contributed by atoms with Gasteiger partial charge < -0.3 is 16.3 Å². The van der Waals surface area contributed by atoms with E-state index in [1.807, 2.05) is 0 Å². The van der Waals surface area contributed by atoms with Crippen molar-refractivity contribution in [2.45, 2.75) is 6.42 Å². The summed E-state index contributed by atoms with van der Waals surface area (Å²) in [6.45, 7) is 0.294. The van der Waals surface area contributed by atoms with E-state index >= 15 is 0 Å². The Morgan fingerprint density at radius 2 is 2.14 bits per heavy atom. The third-order valence-corrected chi connectivity index (χ3v) is 0.371. The van der Waals surface area contributed by atoms with Gasteiger partial charge in [0.15, 0.2) is 0 Å². The van der Waals surface area contributed by atoms with Crippen LogP contribution in [0.5, 0.6) is 0 Å². The molecule has 0 bridgehead atoms. The van der Waals surface area contributed by atoms with Crippen molar-refractivity contribution >= 4 is 5.91 Å². The van der Waals surface area contributed by atoms with E-state index in [4.69, 9.17) is 11.5 Å². The number of hydrogen-bond donors (Lipinski definition) is 1. The maximum atomic E-state index is 9.63. The van der Waals surface area contributed by atoms with Crippen molar-refractivity contribution in [3.05, 3.63) is 5.73 Å². The Labute approximate surface area is 67.7 Å². The molecule has 1 radical (unpaired) electrons. The first-order valence-electron chi connectivity index (χ1n) is 1.72. The number of carbonyl (C=O) groups is 1. The summed E-state index contributed by atoms with van der Waals surface area (Å²) >= 11 is 0. The Kier molecular flexibility index (Phi) is 9.80. The molecule has 0 aliphatic heterocycles. The predicted molar refractivity (Wildman–Crippen MR) is 23.0 cm³/mol. The van der Waals surface area contributed by atoms with Crippen LogP contribution in [-0.2, 0) is 37.5 Å². The average Bonchev–Trinajstić information content (AvgIpc) is 1.35. The van der Waals surface area contributed by atoms with E-state index < -0.39 is 5.91 Å². The zero-order chi connectivity index (χ0) is 4.99. The second-order valence-corrected chi connectivity index (χ2v) is 0.962. The molecule has 0 spiro atoms. The number of amides is 1. The van der Waals surface area contributed by atoms with Gasteiger partial charge in [-0.1, -0.05) is 0 Å². The van der Waals surface area contributed by atoms with Crippen LogP contribution in [0.2, 0.25) is 0 Å². The molecule has 0 saturated heterocycles. The standard InChI is InChI=1S/C3H8N2O.Y/c4-2-1-3(5)6;/h1-2,4H2,(H2,5,6);/p-1. The maximum absolute atomic E-state index is 9.63. The van der Waals surface area contributed by atoms with E-state index in [1.54, 1.807) is 0 Å². The molecule has 0 unspecified atom stereocenters. The third kappa shape index (κ3) is 10.8. The van der Waals surface area contributed by atoms with Crippen molar-refractivity contribution in [2.75, 3.05) is 6.54 Å². The van der Waals surface area contributed by atoms with E-state index in [2.05, 4.69) is 0 Å². The van der Waals surface area contributed by atoms with Crippen LogP contribution in [0.25, 0.3) is 5.73 Å². The SMILES string of the molecule is [NH-]C(=O)CCN.[Y]. The van der Waals surface area contributed by atoms with Crippen LogP contribution < -0.4 is 5.73 Å². The number of rotatable bonds is 2. The molecule has 0 heterocycles. The summed E-state index contributed by atoms with van der Waals surface area (Å²) in [5.41, 5.74) is 11.1. The molecule has 0 aliphatic carbocycles. The molecule has 0 aromatic rings. The number of nitrogens with one attached hydrogen (secondary N) is 1. The fraction of sp³-hybridized carbons (Fsp3) is 0.667. The van der Waals surface area contributed by atoms with Gasteiger partial charge in [-0.3, -0.25) is 0 Å². The zero-order valence-electron chi connectivity index (χ0n) is 3.98. The molecule has 0 aromatic heterocycles. The van der Waals surface area contributed by atoms with E-state index in [0.717, 1.165) is 0 Å².